The standard InChI is InChI=1S/C31H34N6O4/c1-19-17-37(18-24(32)30(19)38)28-8-11-33-16-27(28)36-31(39)25-6-4-20-2-3-21(14-26(20)35-25)22-5-7-29(34-15-22)41-23-9-12-40-13-10-23/h2-8,11,14-16,19,23-24,30,38H,9-10,12-13,17-18,32H2,1H3,(H,36,39). The Bertz CT molecular complexity index is 1510. The molecular formula is C31H34N6O4. The second kappa shape index (κ2) is 11.8. The van der Waals surface area contributed by atoms with Crippen molar-refractivity contribution in [1.29, 1.82) is 0 Å². The summed E-state index contributed by atoms with van der Waals surface area (Å²) >= 11 is 0. The number of piperidine rings is 1. The molecule has 2 saturated heterocycles. The summed E-state index contributed by atoms with van der Waals surface area (Å²) in [4.78, 5) is 28.8. The lowest BCUT2D eigenvalue weighted by Crippen LogP contribution is -2.55. The topological polar surface area (TPSA) is 136 Å². The zero-order chi connectivity index (χ0) is 28.3. The second-order valence-electron chi connectivity index (χ2n) is 10.8. The van der Waals surface area contributed by atoms with E-state index in [4.69, 9.17) is 15.2 Å². The molecule has 212 valence electrons. The van der Waals surface area contributed by atoms with E-state index in [1.54, 1.807) is 24.7 Å². The van der Waals surface area contributed by atoms with E-state index in [0.29, 0.717) is 49.1 Å². The van der Waals surface area contributed by atoms with Crippen LogP contribution in [-0.2, 0) is 4.74 Å². The number of pyridine rings is 3. The number of aliphatic hydroxyl groups excluding tert-OH is 1. The average molecular weight is 555 g/mol. The van der Waals surface area contributed by atoms with Crippen LogP contribution >= 0.6 is 0 Å². The molecule has 10 nitrogen and oxygen atoms in total. The lowest BCUT2D eigenvalue weighted by molar-refractivity contribution is 0.0237. The summed E-state index contributed by atoms with van der Waals surface area (Å²) in [6.45, 7) is 4.50. The summed E-state index contributed by atoms with van der Waals surface area (Å²) in [7, 11) is 0. The fraction of sp³-hybridized carbons (Fsp3) is 0.355. The van der Waals surface area contributed by atoms with Crippen LogP contribution in [0, 0.1) is 5.92 Å². The minimum Gasteiger partial charge on any atom is -0.474 e. The number of hydrogen-bond acceptors (Lipinski definition) is 9. The SMILES string of the molecule is CC1CN(c2ccncc2NC(=O)c2ccc3ccc(-c4ccc(OC5CCOCC5)nc4)cc3n2)CC(N)C1O. The quantitative estimate of drug-likeness (QED) is 0.326. The third-order valence-electron chi connectivity index (χ3n) is 7.80. The number of carbonyl (C=O) groups is 1. The number of nitrogens with one attached hydrogen (secondary N) is 1. The van der Waals surface area contributed by atoms with Gasteiger partial charge in [0.1, 0.15) is 11.8 Å². The molecule has 4 aromatic rings. The summed E-state index contributed by atoms with van der Waals surface area (Å²) in [5.74, 6) is 0.264. The normalized spacial score (nSPS) is 21.5. The molecule has 0 spiro atoms. The molecule has 0 saturated carbocycles. The second-order valence-corrected chi connectivity index (χ2v) is 10.8. The molecule has 0 radical (unpaired) electrons. The zero-order valence-corrected chi connectivity index (χ0v) is 22.9. The van der Waals surface area contributed by atoms with E-state index in [0.717, 1.165) is 35.0 Å². The van der Waals surface area contributed by atoms with Crippen LogP contribution in [0.5, 0.6) is 5.88 Å². The third-order valence-corrected chi connectivity index (χ3v) is 7.80. The number of benzene rings is 1. The highest BCUT2D eigenvalue weighted by molar-refractivity contribution is 6.05. The van der Waals surface area contributed by atoms with Crippen LogP contribution in [0.25, 0.3) is 22.0 Å². The number of ether oxygens (including phenoxy) is 2. The molecular weight excluding hydrogens is 520 g/mol. The minimum absolute atomic E-state index is 0.00209. The van der Waals surface area contributed by atoms with Gasteiger partial charge in [-0.25, -0.2) is 9.97 Å². The Balaban J connectivity index is 1.19. The summed E-state index contributed by atoms with van der Waals surface area (Å²) in [6.07, 6.45) is 6.41. The van der Waals surface area contributed by atoms with Crippen LogP contribution in [0.4, 0.5) is 11.4 Å². The first kappa shape index (κ1) is 27.1. The number of amides is 1. The maximum absolute atomic E-state index is 13.3. The Kier molecular flexibility index (Phi) is 7.78. The van der Waals surface area contributed by atoms with E-state index < -0.39 is 6.10 Å². The number of rotatable bonds is 6. The monoisotopic (exact) mass is 554 g/mol. The molecule has 3 aromatic heterocycles. The van der Waals surface area contributed by atoms with Crippen LogP contribution in [0.3, 0.4) is 0 Å². The van der Waals surface area contributed by atoms with Gasteiger partial charge in [0.05, 0.1) is 42.4 Å². The molecule has 1 aromatic carbocycles. The van der Waals surface area contributed by atoms with Gasteiger partial charge in [-0.1, -0.05) is 25.1 Å². The van der Waals surface area contributed by atoms with Crippen LogP contribution in [0.1, 0.15) is 30.3 Å². The minimum atomic E-state index is -0.558. The maximum Gasteiger partial charge on any atom is 0.274 e. The lowest BCUT2D eigenvalue weighted by Gasteiger charge is -2.40. The highest BCUT2D eigenvalue weighted by Crippen LogP contribution is 2.30. The Hall–Kier alpha value is -4.12. The zero-order valence-electron chi connectivity index (χ0n) is 22.9. The van der Waals surface area contributed by atoms with Gasteiger partial charge in [-0.2, -0.15) is 0 Å². The van der Waals surface area contributed by atoms with Crippen LogP contribution in [0.15, 0.2) is 67.1 Å². The predicted molar refractivity (Wildman–Crippen MR) is 157 cm³/mol. The van der Waals surface area contributed by atoms with Crippen molar-refractivity contribution in [3.8, 4) is 17.0 Å². The molecule has 10 heteroatoms. The number of aliphatic hydroxyl groups is 1. The van der Waals surface area contributed by atoms with E-state index in [9.17, 15) is 9.90 Å². The predicted octanol–water partition coefficient (Wildman–Crippen LogP) is 3.65. The van der Waals surface area contributed by atoms with Gasteiger partial charge in [-0.15, -0.1) is 0 Å². The highest BCUT2D eigenvalue weighted by atomic mass is 16.5. The number of aromatic nitrogens is 3. The number of nitrogens with zero attached hydrogens (tertiary/aromatic N) is 4. The number of fused-ring (bicyclic) bond motifs is 1. The van der Waals surface area contributed by atoms with Gasteiger partial charge in [0.2, 0.25) is 5.88 Å². The third kappa shape index (κ3) is 6.00. The first-order chi connectivity index (χ1) is 19.9. The van der Waals surface area contributed by atoms with Crippen molar-refractivity contribution in [3.63, 3.8) is 0 Å². The lowest BCUT2D eigenvalue weighted by atomic mass is 9.92. The molecule has 6 rings (SSSR count). The van der Waals surface area contributed by atoms with Gasteiger partial charge in [0.15, 0.2) is 0 Å². The van der Waals surface area contributed by atoms with Gasteiger partial charge in [0, 0.05) is 67.3 Å². The van der Waals surface area contributed by atoms with E-state index in [2.05, 4.69) is 25.2 Å². The van der Waals surface area contributed by atoms with Gasteiger partial charge in [0.25, 0.3) is 5.91 Å². The Labute approximate surface area is 238 Å². The molecule has 2 aliphatic rings. The molecule has 41 heavy (non-hydrogen) atoms. The molecule has 3 atom stereocenters. The number of anilines is 2. The summed E-state index contributed by atoms with van der Waals surface area (Å²) < 4.78 is 11.4. The molecule has 4 N–H and O–H groups in total. The van der Waals surface area contributed by atoms with E-state index in [1.807, 2.05) is 49.4 Å². The fourth-order valence-corrected chi connectivity index (χ4v) is 5.47. The molecule has 3 unspecified atom stereocenters. The summed E-state index contributed by atoms with van der Waals surface area (Å²) in [5.41, 5.74) is 10.4. The van der Waals surface area contributed by atoms with Crippen molar-refractivity contribution >= 4 is 28.2 Å². The maximum atomic E-state index is 13.3. The largest absolute Gasteiger partial charge is 0.474 e. The molecule has 2 fully saturated rings. The Morgan fingerprint density at radius 3 is 2.66 bits per heavy atom. The summed E-state index contributed by atoms with van der Waals surface area (Å²) in [6, 6.07) is 14.9. The smallest absolute Gasteiger partial charge is 0.274 e. The van der Waals surface area contributed by atoms with Crippen LogP contribution in [0.2, 0.25) is 0 Å². The van der Waals surface area contributed by atoms with Gasteiger partial charge in [-0.05, 0) is 29.8 Å². The van der Waals surface area contributed by atoms with Crippen molar-refractivity contribution in [3.05, 3.63) is 72.8 Å². The average Bonchev–Trinajstić information content (AvgIpc) is 3.00. The van der Waals surface area contributed by atoms with E-state index >= 15 is 0 Å². The van der Waals surface area contributed by atoms with E-state index in [1.165, 1.54) is 0 Å². The van der Waals surface area contributed by atoms with Crippen molar-refractivity contribution in [2.24, 2.45) is 11.7 Å². The Morgan fingerprint density at radius 1 is 1.07 bits per heavy atom. The first-order valence-corrected chi connectivity index (χ1v) is 14.0. The van der Waals surface area contributed by atoms with Gasteiger partial charge >= 0.3 is 0 Å². The van der Waals surface area contributed by atoms with Crippen LogP contribution < -0.4 is 20.7 Å². The number of nitrogens with two attached hydrogens (primary N) is 1. The molecule has 1 amide bonds. The Morgan fingerprint density at radius 2 is 1.88 bits per heavy atom. The van der Waals surface area contributed by atoms with Crippen molar-refractivity contribution in [2.45, 2.75) is 38.0 Å². The fourth-order valence-electron chi connectivity index (χ4n) is 5.47. The van der Waals surface area contributed by atoms with Gasteiger partial charge < -0.3 is 30.5 Å². The highest BCUT2D eigenvalue weighted by Gasteiger charge is 2.32. The van der Waals surface area contributed by atoms with Crippen molar-refractivity contribution in [2.75, 3.05) is 36.5 Å². The molecule has 2 aliphatic heterocycles. The van der Waals surface area contributed by atoms with Crippen LogP contribution in [-0.4, -0.2) is 70.5 Å². The molecule has 5 heterocycles. The van der Waals surface area contributed by atoms with Crippen molar-refractivity contribution < 1.29 is 19.4 Å². The molecule has 0 bridgehead atoms. The number of hydrogen-bond donors (Lipinski definition) is 3. The summed E-state index contributed by atoms with van der Waals surface area (Å²) in [5, 5.41) is 14.2. The van der Waals surface area contributed by atoms with Crippen molar-refractivity contribution in [1.82, 2.24) is 15.0 Å². The number of carbonyl (C=O) groups excluding carboxylic acids is 1. The first-order valence-electron chi connectivity index (χ1n) is 14.0. The van der Waals surface area contributed by atoms with E-state index in [-0.39, 0.29) is 24.0 Å². The van der Waals surface area contributed by atoms with Gasteiger partial charge in [-0.3, -0.25) is 9.78 Å². The molecule has 0 aliphatic carbocycles.